The number of para-hydroxylation sites is 4. The molecular weight excluding hydrogens is 805 g/mol. The van der Waals surface area contributed by atoms with E-state index in [-0.39, 0.29) is 0 Å². The van der Waals surface area contributed by atoms with E-state index in [9.17, 15) is 0 Å². The summed E-state index contributed by atoms with van der Waals surface area (Å²) < 4.78 is 0. The molecule has 0 bridgehead atoms. The molecule has 0 saturated carbocycles. The van der Waals surface area contributed by atoms with Gasteiger partial charge in [0.1, 0.15) is 16.1 Å². The monoisotopic (exact) mass is 848 g/mol. The average Bonchev–Trinajstić information content (AvgIpc) is 3.33. The van der Waals surface area contributed by atoms with Gasteiger partial charge in [-0.15, -0.1) is 0 Å². The van der Waals surface area contributed by atoms with Crippen molar-refractivity contribution in [1.82, 2.24) is 24.9 Å². The second kappa shape index (κ2) is 15.1. The van der Waals surface area contributed by atoms with Gasteiger partial charge >= 0.3 is 0 Å². The Bertz CT molecular complexity index is 2830. The van der Waals surface area contributed by atoms with E-state index in [1.54, 1.807) is 0 Å². The molecule has 0 aliphatic carbocycles. The average molecular weight is 849 g/mol. The van der Waals surface area contributed by atoms with Crippen molar-refractivity contribution in [3.8, 4) is 22.3 Å². The lowest BCUT2D eigenvalue weighted by molar-refractivity contribution is 0.963. The lowest BCUT2D eigenvalue weighted by Gasteiger charge is -2.41. The molecule has 0 fully saturated rings. The number of anilines is 9. The van der Waals surface area contributed by atoms with Gasteiger partial charge < -0.3 is 0 Å². The van der Waals surface area contributed by atoms with Crippen molar-refractivity contribution in [3.05, 3.63) is 195 Å². The molecule has 63 heavy (non-hydrogen) atoms. The van der Waals surface area contributed by atoms with Crippen LogP contribution in [0.3, 0.4) is 0 Å². The lowest BCUT2D eigenvalue weighted by Crippen LogP contribution is -2.59. The topological polar surface area (TPSA) is 74.2 Å². The zero-order valence-corrected chi connectivity index (χ0v) is 37.6. The van der Waals surface area contributed by atoms with Gasteiger partial charge in [-0.3, -0.25) is 24.7 Å². The molecule has 304 valence electrons. The van der Waals surface area contributed by atoms with Gasteiger partial charge in [0.2, 0.25) is 17.8 Å². The van der Waals surface area contributed by atoms with Gasteiger partial charge in [0.05, 0.1) is 0 Å². The summed E-state index contributed by atoms with van der Waals surface area (Å²) in [5.41, 5.74) is 10.6. The summed E-state index contributed by atoms with van der Waals surface area (Å²) >= 11 is 0. The van der Waals surface area contributed by atoms with E-state index < -0.39 is 16.1 Å². The van der Waals surface area contributed by atoms with Crippen molar-refractivity contribution in [2.45, 2.75) is 26.2 Å². The number of aromatic nitrogens is 5. The molecule has 0 N–H and O–H groups in total. The molecule has 0 unspecified atom stereocenters. The second-order valence-corrected chi connectivity index (χ2v) is 25.8. The predicted molar refractivity (Wildman–Crippen MR) is 264 cm³/mol. The molecule has 5 heterocycles. The zero-order valence-electron chi connectivity index (χ0n) is 35.6. The highest BCUT2D eigenvalue weighted by molar-refractivity contribution is 7.03. The molecule has 2 aliphatic rings. The molecule has 0 saturated heterocycles. The van der Waals surface area contributed by atoms with E-state index in [1.165, 1.54) is 20.7 Å². The smallest absolute Gasteiger partial charge is 0.241 e. The molecule has 0 amide bonds. The van der Waals surface area contributed by atoms with Crippen LogP contribution in [0.5, 0.6) is 0 Å². The van der Waals surface area contributed by atoms with Crippen molar-refractivity contribution >= 4 is 88.9 Å². The first-order chi connectivity index (χ1) is 30.8. The third-order valence-corrected chi connectivity index (χ3v) is 19.8. The molecule has 0 atom stereocenters. The zero-order chi connectivity index (χ0) is 42.7. The summed E-state index contributed by atoms with van der Waals surface area (Å²) in [4.78, 5) is 31.9. The third-order valence-electron chi connectivity index (χ3n) is 12.8. The summed E-state index contributed by atoms with van der Waals surface area (Å²) in [6.07, 6.45) is 7.31. The predicted octanol–water partition coefficient (Wildman–Crippen LogP) is 10.7. The van der Waals surface area contributed by atoms with Crippen LogP contribution < -0.4 is 35.4 Å². The molecule has 6 aromatic carbocycles. The van der Waals surface area contributed by atoms with Crippen molar-refractivity contribution < 1.29 is 0 Å². The van der Waals surface area contributed by atoms with Crippen LogP contribution in [-0.2, 0) is 0 Å². The maximum atomic E-state index is 5.57. The molecular formula is C53H44N8Si2. The second-order valence-electron chi connectivity index (χ2n) is 17.1. The fourth-order valence-corrected chi connectivity index (χ4v) is 15.5. The highest BCUT2D eigenvalue weighted by atomic mass is 28.3. The first-order valence-corrected chi connectivity index (χ1v) is 27.3. The number of rotatable bonds is 7. The van der Waals surface area contributed by atoms with Crippen LogP contribution in [0.4, 0.5) is 52.0 Å². The standard InChI is InChI=1S/C53H44N8Si2/c1-62(2)47-17-9-5-13-43(47)60(44-14-6-10-18-48(44)62)52-56-51(57-53(58-52)61-45-15-7-11-19-49(45)63(3,4)50-20-12-8-16-46(50)61)59(41-25-21-37(22-26-41)39-29-33-54-34-30-39)42-27-23-38(24-28-42)40-31-35-55-36-32-40/h5-36H,1-4H3. The van der Waals surface area contributed by atoms with Crippen LogP contribution >= 0.6 is 0 Å². The Morgan fingerprint density at radius 3 is 0.984 bits per heavy atom. The van der Waals surface area contributed by atoms with Crippen LogP contribution in [-0.4, -0.2) is 41.1 Å². The van der Waals surface area contributed by atoms with Gasteiger partial charge in [-0.05, 0) is 116 Å². The molecule has 2 aliphatic heterocycles. The Balaban J connectivity index is 1.18. The van der Waals surface area contributed by atoms with Crippen LogP contribution in [0.15, 0.2) is 195 Å². The van der Waals surface area contributed by atoms with E-state index in [1.807, 2.05) is 49.1 Å². The van der Waals surface area contributed by atoms with E-state index >= 15 is 0 Å². The van der Waals surface area contributed by atoms with Crippen LogP contribution in [0.2, 0.25) is 26.2 Å². The minimum absolute atomic E-state index is 0.498. The van der Waals surface area contributed by atoms with Gasteiger partial charge in [0.15, 0.2) is 0 Å². The molecule has 9 aromatic rings. The van der Waals surface area contributed by atoms with Crippen LogP contribution in [0, 0.1) is 0 Å². The van der Waals surface area contributed by atoms with Crippen molar-refractivity contribution in [3.63, 3.8) is 0 Å². The minimum Gasteiger partial charge on any atom is -0.279 e. The number of nitrogens with zero attached hydrogens (tertiary/aromatic N) is 8. The van der Waals surface area contributed by atoms with Gasteiger partial charge in [-0.1, -0.05) is 123 Å². The van der Waals surface area contributed by atoms with Gasteiger partial charge in [-0.2, -0.15) is 15.0 Å². The SMILES string of the molecule is C[Si]1(C)c2ccccc2N(c2nc(N(c3ccc(-c4ccncc4)cc3)c3ccc(-c4ccncc4)cc3)nc(N3c4ccccc4[Si](C)(C)c4ccccc43)n2)c2ccccc21. The molecule has 0 spiro atoms. The summed E-state index contributed by atoms with van der Waals surface area (Å²) in [5, 5.41) is 5.35. The third kappa shape index (κ3) is 6.45. The molecule has 3 aromatic heterocycles. The summed E-state index contributed by atoms with van der Waals surface area (Å²) in [7, 11) is -4.22. The fourth-order valence-electron chi connectivity index (χ4n) is 9.49. The highest BCUT2D eigenvalue weighted by Crippen LogP contribution is 2.43. The maximum absolute atomic E-state index is 5.57. The summed E-state index contributed by atoms with van der Waals surface area (Å²) in [6, 6.07) is 60.5. The quantitative estimate of drug-likeness (QED) is 0.147. The maximum Gasteiger partial charge on any atom is 0.241 e. The largest absolute Gasteiger partial charge is 0.279 e. The Kier molecular flexibility index (Phi) is 9.21. The van der Waals surface area contributed by atoms with Gasteiger partial charge in [0.25, 0.3) is 0 Å². The number of hydrogen-bond donors (Lipinski definition) is 0. The van der Waals surface area contributed by atoms with E-state index in [0.29, 0.717) is 17.8 Å². The Morgan fingerprint density at radius 2 is 0.651 bits per heavy atom. The minimum atomic E-state index is -2.11. The van der Waals surface area contributed by atoms with Gasteiger partial charge in [-0.25, -0.2) is 0 Å². The summed E-state index contributed by atoms with van der Waals surface area (Å²) in [5.74, 6) is 1.59. The normalized spacial score (nSPS) is 14.2. The first kappa shape index (κ1) is 38.4. The molecule has 0 radical (unpaired) electrons. The molecule has 11 rings (SSSR count). The van der Waals surface area contributed by atoms with E-state index in [2.05, 4.69) is 196 Å². The lowest BCUT2D eigenvalue weighted by atomic mass is 10.1. The van der Waals surface area contributed by atoms with Crippen LogP contribution in [0.1, 0.15) is 0 Å². The highest BCUT2D eigenvalue weighted by Gasteiger charge is 2.42. The van der Waals surface area contributed by atoms with Crippen molar-refractivity contribution in [2.75, 3.05) is 14.7 Å². The van der Waals surface area contributed by atoms with Crippen molar-refractivity contribution in [1.29, 1.82) is 0 Å². The Morgan fingerprint density at radius 1 is 0.349 bits per heavy atom. The van der Waals surface area contributed by atoms with Crippen molar-refractivity contribution in [2.24, 2.45) is 0 Å². The van der Waals surface area contributed by atoms with Gasteiger partial charge in [0, 0.05) is 58.9 Å². The fraction of sp³-hybridized carbons (Fsp3) is 0.0755. The molecule has 8 nitrogen and oxygen atoms in total. The first-order valence-electron chi connectivity index (χ1n) is 21.3. The number of hydrogen-bond acceptors (Lipinski definition) is 8. The van der Waals surface area contributed by atoms with E-state index in [0.717, 1.165) is 56.4 Å². The number of fused-ring (bicyclic) bond motifs is 4. The molecule has 10 heteroatoms. The Hall–Kier alpha value is -7.54. The van der Waals surface area contributed by atoms with E-state index in [4.69, 9.17) is 15.0 Å². The summed E-state index contributed by atoms with van der Waals surface area (Å²) in [6.45, 7) is 9.75. The van der Waals surface area contributed by atoms with Crippen LogP contribution in [0.25, 0.3) is 22.3 Å². The number of benzene rings is 6. The number of pyridine rings is 2. The Labute approximate surface area is 369 Å².